The van der Waals surface area contributed by atoms with Gasteiger partial charge in [-0.25, -0.2) is 0 Å². The monoisotopic (exact) mass is 291 g/mol. The van der Waals surface area contributed by atoms with E-state index in [9.17, 15) is 9.90 Å². The molecule has 0 fully saturated rings. The number of hydrogen-bond donors (Lipinski definition) is 2. The van der Waals surface area contributed by atoms with Crippen molar-refractivity contribution < 1.29 is 9.90 Å². The van der Waals surface area contributed by atoms with E-state index in [-0.39, 0.29) is 11.3 Å². The second-order valence-electron chi connectivity index (χ2n) is 3.58. The van der Waals surface area contributed by atoms with Gasteiger partial charge in [-0.2, -0.15) is 0 Å². The summed E-state index contributed by atoms with van der Waals surface area (Å²) in [5.41, 5.74) is 7.10. The lowest BCUT2D eigenvalue weighted by Crippen LogP contribution is -2.11. The number of amides is 1. The average molecular weight is 292 g/mol. The van der Waals surface area contributed by atoms with Gasteiger partial charge in [0, 0.05) is 0 Å². The molecule has 17 heavy (non-hydrogen) atoms. The van der Waals surface area contributed by atoms with Gasteiger partial charge in [-0.15, -0.1) is 0 Å². The van der Waals surface area contributed by atoms with Crippen molar-refractivity contribution in [3.8, 4) is 16.9 Å². The van der Waals surface area contributed by atoms with Crippen LogP contribution in [0.15, 0.2) is 46.9 Å². The Hall–Kier alpha value is -1.81. The van der Waals surface area contributed by atoms with Crippen LogP contribution in [0.3, 0.4) is 0 Å². The number of nitrogens with two attached hydrogens (primary N) is 1. The molecule has 0 aliphatic carbocycles. The van der Waals surface area contributed by atoms with Crippen LogP contribution in [0.4, 0.5) is 0 Å². The molecule has 0 aromatic heterocycles. The fraction of sp³-hybridized carbons (Fsp3) is 0. The van der Waals surface area contributed by atoms with Gasteiger partial charge < -0.3 is 10.8 Å². The van der Waals surface area contributed by atoms with E-state index in [0.717, 1.165) is 11.1 Å². The Morgan fingerprint density at radius 3 is 2.35 bits per heavy atom. The SMILES string of the molecule is NC(=O)c1cc(-c2ccccc2)cc(Br)c1O. The highest BCUT2D eigenvalue weighted by molar-refractivity contribution is 9.10. The maximum atomic E-state index is 11.2. The van der Waals surface area contributed by atoms with Gasteiger partial charge in [-0.3, -0.25) is 4.79 Å². The molecule has 1 amide bonds. The summed E-state index contributed by atoms with van der Waals surface area (Å²) in [6.45, 7) is 0. The molecule has 0 radical (unpaired) electrons. The second kappa shape index (κ2) is 4.59. The van der Waals surface area contributed by atoms with Crippen molar-refractivity contribution in [2.75, 3.05) is 0 Å². The van der Waals surface area contributed by atoms with Gasteiger partial charge >= 0.3 is 0 Å². The Morgan fingerprint density at radius 1 is 1.12 bits per heavy atom. The highest BCUT2D eigenvalue weighted by Gasteiger charge is 2.13. The van der Waals surface area contributed by atoms with Crippen molar-refractivity contribution in [3.63, 3.8) is 0 Å². The van der Waals surface area contributed by atoms with E-state index in [1.807, 2.05) is 30.3 Å². The highest BCUT2D eigenvalue weighted by Crippen LogP contribution is 2.33. The summed E-state index contributed by atoms with van der Waals surface area (Å²) in [6.07, 6.45) is 0. The predicted molar refractivity (Wildman–Crippen MR) is 69.8 cm³/mol. The van der Waals surface area contributed by atoms with Gasteiger partial charge in [-0.1, -0.05) is 30.3 Å². The second-order valence-corrected chi connectivity index (χ2v) is 4.44. The molecule has 86 valence electrons. The number of phenols is 1. The molecule has 0 atom stereocenters. The lowest BCUT2D eigenvalue weighted by atomic mass is 10.0. The van der Waals surface area contributed by atoms with E-state index in [2.05, 4.69) is 15.9 Å². The number of rotatable bonds is 2. The summed E-state index contributed by atoms with van der Waals surface area (Å²) < 4.78 is 0.452. The van der Waals surface area contributed by atoms with Crippen LogP contribution in [0.2, 0.25) is 0 Å². The Morgan fingerprint density at radius 2 is 1.76 bits per heavy atom. The van der Waals surface area contributed by atoms with E-state index in [1.165, 1.54) is 0 Å². The van der Waals surface area contributed by atoms with Gasteiger partial charge in [0.25, 0.3) is 5.91 Å². The summed E-state index contributed by atoms with van der Waals surface area (Å²) >= 11 is 3.20. The molecule has 0 bridgehead atoms. The maximum Gasteiger partial charge on any atom is 0.252 e. The zero-order chi connectivity index (χ0) is 12.4. The van der Waals surface area contributed by atoms with E-state index < -0.39 is 5.91 Å². The summed E-state index contributed by atoms with van der Waals surface area (Å²) in [4.78, 5) is 11.2. The Labute approximate surface area is 107 Å². The Bertz CT molecular complexity index is 567. The number of benzene rings is 2. The molecular weight excluding hydrogens is 282 g/mol. The van der Waals surface area contributed by atoms with Gasteiger partial charge in [-0.05, 0) is 39.2 Å². The first-order chi connectivity index (χ1) is 8.09. The van der Waals surface area contributed by atoms with Gasteiger partial charge in [0.1, 0.15) is 5.75 Å². The van der Waals surface area contributed by atoms with Crippen molar-refractivity contribution in [2.24, 2.45) is 5.73 Å². The number of hydrogen-bond acceptors (Lipinski definition) is 2. The van der Waals surface area contributed by atoms with Crippen molar-refractivity contribution in [1.29, 1.82) is 0 Å². The highest BCUT2D eigenvalue weighted by atomic mass is 79.9. The van der Waals surface area contributed by atoms with Crippen LogP contribution in [0.5, 0.6) is 5.75 Å². The molecule has 3 N–H and O–H groups in total. The molecule has 3 nitrogen and oxygen atoms in total. The standard InChI is InChI=1S/C13H10BrNO2/c14-11-7-9(8-4-2-1-3-5-8)6-10(12(11)16)13(15)17/h1-7,16H,(H2,15,17). The fourth-order valence-electron chi connectivity index (χ4n) is 1.58. The summed E-state index contributed by atoms with van der Waals surface area (Å²) in [6, 6.07) is 12.9. The zero-order valence-electron chi connectivity index (χ0n) is 8.85. The molecule has 0 saturated carbocycles. The minimum Gasteiger partial charge on any atom is -0.506 e. The van der Waals surface area contributed by atoms with E-state index in [1.54, 1.807) is 12.1 Å². The predicted octanol–water partition coefficient (Wildman–Crippen LogP) is 2.92. The number of primary amides is 1. The number of carbonyl (C=O) groups is 1. The van der Waals surface area contributed by atoms with Crippen molar-refractivity contribution in [1.82, 2.24) is 0 Å². The molecular formula is C13H10BrNO2. The smallest absolute Gasteiger partial charge is 0.252 e. The summed E-state index contributed by atoms with van der Waals surface area (Å²) in [7, 11) is 0. The Balaban J connectivity index is 2.61. The zero-order valence-corrected chi connectivity index (χ0v) is 10.4. The third kappa shape index (κ3) is 2.31. The molecule has 0 aliphatic rings. The third-order valence-corrected chi connectivity index (χ3v) is 3.04. The largest absolute Gasteiger partial charge is 0.506 e. The van der Waals surface area contributed by atoms with E-state index in [4.69, 9.17) is 5.73 Å². The minimum atomic E-state index is -0.652. The normalized spacial score (nSPS) is 10.2. The quantitative estimate of drug-likeness (QED) is 0.894. The van der Waals surface area contributed by atoms with Crippen LogP contribution in [0, 0.1) is 0 Å². The van der Waals surface area contributed by atoms with Gasteiger partial charge in [0.15, 0.2) is 0 Å². The van der Waals surface area contributed by atoms with Crippen LogP contribution in [-0.4, -0.2) is 11.0 Å². The molecule has 0 spiro atoms. The van der Waals surface area contributed by atoms with Gasteiger partial charge in [0.05, 0.1) is 10.0 Å². The van der Waals surface area contributed by atoms with E-state index in [0.29, 0.717) is 4.47 Å². The number of carbonyl (C=O) groups excluding carboxylic acids is 1. The third-order valence-electron chi connectivity index (χ3n) is 2.44. The molecule has 0 aliphatic heterocycles. The molecule has 4 heteroatoms. The van der Waals surface area contributed by atoms with Crippen LogP contribution in [0.25, 0.3) is 11.1 Å². The lowest BCUT2D eigenvalue weighted by molar-refractivity contribution is 0.0997. The first-order valence-electron chi connectivity index (χ1n) is 4.97. The van der Waals surface area contributed by atoms with Crippen LogP contribution in [-0.2, 0) is 0 Å². The molecule has 0 heterocycles. The number of aromatic hydroxyl groups is 1. The summed E-state index contributed by atoms with van der Waals surface area (Å²) in [5.74, 6) is -0.779. The van der Waals surface area contributed by atoms with E-state index >= 15 is 0 Å². The molecule has 2 rings (SSSR count). The van der Waals surface area contributed by atoms with Crippen LogP contribution in [0.1, 0.15) is 10.4 Å². The first kappa shape index (κ1) is 11.7. The molecule has 0 unspecified atom stereocenters. The Kier molecular flexibility index (Phi) is 3.15. The number of halogens is 1. The van der Waals surface area contributed by atoms with Crippen LogP contribution >= 0.6 is 15.9 Å². The van der Waals surface area contributed by atoms with Gasteiger partial charge in [0.2, 0.25) is 0 Å². The molecule has 2 aromatic rings. The summed E-state index contributed by atoms with van der Waals surface area (Å²) in [5, 5.41) is 9.69. The van der Waals surface area contributed by atoms with Crippen molar-refractivity contribution >= 4 is 21.8 Å². The van der Waals surface area contributed by atoms with Crippen molar-refractivity contribution in [2.45, 2.75) is 0 Å². The topological polar surface area (TPSA) is 63.3 Å². The lowest BCUT2D eigenvalue weighted by Gasteiger charge is -2.07. The average Bonchev–Trinajstić information content (AvgIpc) is 2.33. The van der Waals surface area contributed by atoms with Crippen LogP contribution < -0.4 is 5.73 Å². The fourth-order valence-corrected chi connectivity index (χ4v) is 2.04. The maximum absolute atomic E-state index is 11.2. The van der Waals surface area contributed by atoms with Crippen molar-refractivity contribution in [3.05, 3.63) is 52.5 Å². The molecule has 0 saturated heterocycles. The molecule has 2 aromatic carbocycles. The first-order valence-corrected chi connectivity index (χ1v) is 5.76. The minimum absolute atomic E-state index is 0.109.